The number of halogens is 1. The normalized spacial score (nSPS) is 12.1. The summed E-state index contributed by atoms with van der Waals surface area (Å²) in [5, 5.41) is 8.56. The van der Waals surface area contributed by atoms with Gasteiger partial charge in [0.05, 0.1) is 22.4 Å². The number of nitrogens with one attached hydrogen (secondary N) is 2. The van der Waals surface area contributed by atoms with Gasteiger partial charge in [-0.2, -0.15) is 5.26 Å². The third-order valence-electron chi connectivity index (χ3n) is 2.32. The van der Waals surface area contributed by atoms with Gasteiger partial charge in [0.15, 0.2) is 0 Å². The Bertz CT molecular complexity index is 738. The Morgan fingerprint density at radius 1 is 1.30 bits per heavy atom. The number of nitriles is 1. The number of rotatable bonds is 6. The molecule has 7 nitrogen and oxygen atoms in total. The van der Waals surface area contributed by atoms with Crippen molar-refractivity contribution in [2.24, 2.45) is 0 Å². The molecule has 0 unspecified atom stereocenters. The minimum atomic E-state index is -3.93. The molecule has 0 saturated heterocycles. The molecule has 1 aromatic carbocycles. The molecule has 0 bridgehead atoms. The lowest BCUT2D eigenvalue weighted by atomic mass is 10.2. The van der Waals surface area contributed by atoms with Crippen molar-refractivity contribution in [3.8, 4) is 6.07 Å². The summed E-state index contributed by atoms with van der Waals surface area (Å²) >= 11 is 5.79. The van der Waals surface area contributed by atoms with Gasteiger partial charge in [0.25, 0.3) is 0 Å². The quantitative estimate of drug-likeness (QED) is 0.760. The summed E-state index contributed by atoms with van der Waals surface area (Å²) in [7, 11) is -6.19. The predicted molar refractivity (Wildman–Crippen MR) is 74.2 cm³/mol. The van der Waals surface area contributed by atoms with Gasteiger partial charge in [0, 0.05) is 6.54 Å². The maximum atomic E-state index is 11.9. The Balaban J connectivity index is 2.88. The van der Waals surface area contributed by atoms with Crippen molar-refractivity contribution in [1.29, 1.82) is 5.26 Å². The lowest BCUT2D eigenvalue weighted by molar-refractivity contribution is 0.578. The molecule has 1 rings (SSSR count). The predicted octanol–water partition coefficient (Wildman–Crippen LogP) is 0.0392. The van der Waals surface area contributed by atoms with Gasteiger partial charge in [-0.15, -0.1) is 0 Å². The lowest BCUT2D eigenvalue weighted by Gasteiger charge is -2.08. The fourth-order valence-corrected chi connectivity index (χ4v) is 3.56. The van der Waals surface area contributed by atoms with Crippen LogP contribution in [0.1, 0.15) is 5.56 Å². The summed E-state index contributed by atoms with van der Waals surface area (Å²) in [6.45, 7) is -0.290. The van der Waals surface area contributed by atoms with Crippen LogP contribution in [-0.2, 0) is 20.0 Å². The van der Waals surface area contributed by atoms with E-state index in [-0.39, 0.29) is 22.0 Å². The van der Waals surface area contributed by atoms with E-state index < -0.39 is 25.8 Å². The monoisotopic (exact) mass is 337 g/mol. The average Bonchev–Trinajstić information content (AvgIpc) is 2.37. The first-order valence-electron chi connectivity index (χ1n) is 5.32. The Labute approximate surface area is 122 Å². The Morgan fingerprint density at radius 3 is 2.45 bits per heavy atom. The van der Waals surface area contributed by atoms with E-state index in [4.69, 9.17) is 16.9 Å². The van der Waals surface area contributed by atoms with E-state index in [1.54, 1.807) is 0 Å². The van der Waals surface area contributed by atoms with Gasteiger partial charge >= 0.3 is 0 Å². The Hall–Kier alpha value is -1.18. The van der Waals surface area contributed by atoms with Crippen LogP contribution in [0.3, 0.4) is 0 Å². The van der Waals surface area contributed by atoms with E-state index in [1.165, 1.54) is 25.2 Å². The Morgan fingerprint density at radius 2 is 1.95 bits per heavy atom. The first-order valence-corrected chi connectivity index (χ1v) is 8.84. The molecule has 0 aromatic heterocycles. The molecule has 20 heavy (non-hydrogen) atoms. The largest absolute Gasteiger partial charge is 0.242 e. The van der Waals surface area contributed by atoms with E-state index in [0.29, 0.717) is 0 Å². The molecule has 0 atom stereocenters. The van der Waals surface area contributed by atoms with E-state index in [1.807, 2.05) is 6.07 Å². The molecule has 0 amide bonds. The third-order valence-corrected chi connectivity index (χ3v) is 5.63. The molecule has 0 aliphatic heterocycles. The molecule has 0 radical (unpaired) electrons. The maximum Gasteiger partial charge on any atom is 0.242 e. The number of hydrogen-bond acceptors (Lipinski definition) is 5. The van der Waals surface area contributed by atoms with Crippen LogP contribution in [0.15, 0.2) is 23.1 Å². The van der Waals surface area contributed by atoms with Crippen LogP contribution in [0.5, 0.6) is 0 Å². The molecular formula is C10H12ClN3O4S2. The van der Waals surface area contributed by atoms with Gasteiger partial charge in [0.2, 0.25) is 20.0 Å². The smallest absolute Gasteiger partial charge is 0.218 e. The second-order valence-corrected chi connectivity index (χ2v) is 7.87. The minimum absolute atomic E-state index is 0.104. The SMILES string of the molecule is CNS(=O)(=O)CCNS(=O)(=O)c1ccc(C#N)cc1Cl. The summed E-state index contributed by atoms with van der Waals surface area (Å²) in [5.41, 5.74) is 0.228. The second kappa shape index (κ2) is 6.51. The zero-order chi connectivity index (χ0) is 15.4. The van der Waals surface area contributed by atoms with Crippen molar-refractivity contribution in [2.75, 3.05) is 19.3 Å². The van der Waals surface area contributed by atoms with Gasteiger partial charge in [-0.05, 0) is 25.2 Å². The van der Waals surface area contributed by atoms with Gasteiger partial charge < -0.3 is 0 Å². The molecular weight excluding hydrogens is 326 g/mol. The first-order chi connectivity index (χ1) is 9.22. The molecule has 0 aliphatic carbocycles. The van der Waals surface area contributed by atoms with Crippen LogP contribution in [0.4, 0.5) is 0 Å². The van der Waals surface area contributed by atoms with E-state index in [9.17, 15) is 16.8 Å². The van der Waals surface area contributed by atoms with Gasteiger partial charge in [-0.25, -0.2) is 26.3 Å². The lowest BCUT2D eigenvalue weighted by Crippen LogP contribution is -2.33. The van der Waals surface area contributed by atoms with E-state index >= 15 is 0 Å². The van der Waals surface area contributed by atoms with Crippen molar-refractivity contribution >= 4 is 31.6 Å². The highest BCUT2D eigenvalue weighted by Crippen LogP contribution is 2.22. The fraction of sp³-hybridized carbons (Fsp3) is 0.300. The minimum Gasteiger partial charge on any atom is -0.218 e. The van der Waals surface area contributed by atoms with Crippen LogP contribution >= 0.6 is 11.6 Å². The summed E-state index contributed by atoms with van der Waals surface area (Å²) in [4.78, 5) is -0.208. The van der Waals surface area contributed by atoms with Crippen molar-refractivity contribution in [3.05, 3.63) is 28.8 Å². The third kappa shape index (κ3) is 4.43. The molecule has 0 fully saturated rings. The zero-order valence-corrected chi connectivity index (χ0v) is 12.8. The highest BCUT2D eigenvalue weighted by atomic mass is 35.5. The van der Waals surface area contributed by atoms with Crippen molar-refractivity contribution in [3.63, 3.8) is 0 Å². The highest BCUT2D eigenvalue weighted by molar-refractivity contribution is 7.90. The summed E-state index contributed by atoms with van der Waals surface area (Å²) in [5.74, 6) is -0.392. The van der Waals surface area contributed by atoms with Gasteiger partial charge in [-0.1, -0.05) is 11.6 Å². The van der Waals surface area contributed by atoms with Crippen LogP contribution in [0.2, 0.25) is 5.02 Å². The highest BCUT2D eigenvalue weighted by Gasteiger charge is 2.19. The first kappa shape index (κ1) is 16.9. The summed E-state index contributed by atoms with van der Waals surface area (Å²) in [6, 6.07) is 5.55. The molecule has 0 heterocycles. The topological polar surface area (TPSA) is 116 Å². The number of benzene rings is 1. The van der Waals surface area contributed by atoms with Crippen molar-refractivity contribution in [1.82, 2.24) is 9.44 Å². The molecule has 10 heteroatoms. The molecule has 110 valence electrons. The molecule has 0 spiro atoms. The van der Waals surface area contributed by atoms with Gasteiger partial charge in [0.1, 0.15) is 4.90 Å². The second-order valence-electron chi connectivity index (χ2n) is 3.68. The zero-order valence-electron chi connectivity index (χ0n) is 10.4. The van der Waals surface area contributed by atoms with Crippen molar-refractivity contribution in [2.45, 2.75) is 4.90 Å². The molecule has 2 N–H and O–H groups in total. The molecule has 0 aliphatic rings. The van der Waals surface area contributed by atoms with Crippen molar-refractivity contribution < 1.29 is 16.8 Å². The van der Waals surface area contributed by atoms with E-state index in [2.05, 4.69) is 9.44 Å². The molecule has 1 aromatic rings. The number of nitrogens with zero attached hydrogens (tertiary/aromatic N) is 1. The number of hydrogen-bond donors (Lipinski definition) is 2. The van der Waals surface area contributed by atoms with Crippen LogP contribution in [0.25, 0.3) is 0 Å². The average molecular weight is 338 g/mol. The van der Waals surface area contributed by atoms with Gasteiger partial charge in [-0.3, -0.25) is 0 Å². The fourth-order valence-electron chi connectivity index (χ4n) is 1.28. The maximum absolute atomic E-state index is 11.9. The Kier molecular flexibility index (Phi) is 5.50. The summed E-state index contributed by atoms with van der Waals surface area (Å²) in [6.07, 6.45) is 0. The number of sulfonamides is 2. The van der Waals surface area contributed by atoms with E-state index in [0.717, 1.165) is 0 Å². The van der Waals surface area contributed by atoms with Crippen LogP contribution in [-0.4, -0.2) is 36.2 Å². The standard InChI is InChI=1S/C10H12ClN3O4S2/c1-13-19(15,16)5-4-14-20(17,18)10-3-2-8(7-12)6-9(10)11/h2-3,6,13-14H,4-5H2,1H3. The molecule has 0 saturated carbocycles. The van der Waals surface area contributed by atoms with Crippen LogP contribution in [0, 0.1) is 11.3 Å². The van der Waals surface area contributed by atoms with Crippen LogP contribution < -0.4 is 9.44 Å². The summed E-state index contributed by atoms with van der Waals surface area (Å²) < 4.78 is 50.4.